The van der Waals surface area contributed by atoms with Gasteiger partial charge in [-0.25, -0.2) is 4.98 Å². The van der Waals surface area contributed by atoms with Crippen LogP contribution in [-0.4, -0.2) is 23.1 Å². The molecule has 1 aromatic carbocycles. The van der Waals surface area contributed by atoms with E-state index in [1.807, 2.05) is 38.1 Å². The van der Waals surface area contributed by atoms with Crippen LogP contribution in [0.5, 0.6) is 5.88 Å². The maximum Gasteiger partial charge on any atom is 0.423 e. The third kappa shape index (κ3) is 4.61. The molecule has 0 aliphatic heterocycles. The summed E-state index contributed by atoms with van der Waals surface area (Å²) in [5.74, 6) is -0.242. The molecule has 7 heteroatoms. The first-order chi connectivity index (χ1) is 11.9. The molecule has 0 unspecified atom stereocenters. The summed E-state index contributed by atoms with van der Waals surface area (Å²) >= 11 is 0. The third-order valence-electron chi connectivity index (χ3n) is 3.70. The van der Waals surface area contributed by atoms with Gasteiger partial charge < -0.3 is 9.64 Å². The quantitative estimate of drug-likeness (QED) is 0.702. The number of anilines is 2. The predicted octanol–water partition coefficient (Wildman–Crippen LogP) is 5.00. The minimum absolute atomic E-state index is 0.164. The second-order valence-corrected chi connectivity index (χ2v) is 5.50. The van der Waals surface area contributed by atoms with Crippen LogP contribution < -0.4 is 9.64 Å². The molecular weight excluding hydrogens is 331 g/mol. The molecule has 0 saturated heterocycles. The summed E-state index contributed by atoms with van der Waals surface area (Å²) in [7, 11) is 0. The van der Waals surface area contributed by atoms with Crippen LogP contribution in [0.3, 0.4) is 0 Å². The van der Waals surface area contributed by atoms with Gasteiger partial charge in [-0.3, -0.25) is 0 Å². The minimum Gasteiger partial charge on any atom is -0.477 e. The maximum atomic E-state index is 13.1. The number of benzene rings is 1. The fraction of sp³-hybridized carbons (Fsp3) is 0.444. The number of ether oxygens (including phenoxy) is 1. The first-order valence-corrected chi connectivity index (χ1v) is 8.34. The minimum atomic E-state index is -4.55. The number of rotatable bonds is 7. The summed E-state index contributed by atoms with van der Waals surface area (Å²) < 4.78 is 44.6. The fourth-order valence-corrected chi connectivity index (χ4v) is 2.34. The van der Waals surface area contributed by atoms with Crippen molar-refractivity contribution in [3.05, 3.63) is 41.6 Å². The molecule has 0 spiro atoms. The number of hydrogen-bond donors (Lipinski definition) is 0. The van der Waals surface area contributed by atoms with Crippen molar-refractivity contribution in [2.24, 2.45) is 0 Å². The molecule has 0 fully saturated rings. The van der Waals surface area contributed by atoms with Crippen LogP contribution in [0.15, 0.2) is 30.5 Å². The number of aromatic nitrogens is 2. The number of halogens is 3. The van der Waals surface area contributed by atoms with E-state index in [2.05, 4.69) is 16.9 Å². The van der Waals surface area contributed by atoms with Gasteiger partial charge in [-0.15, -0.1) is 0 Å². The second-order valence-electron chi connectivity index (χ2n) is 5.50. The molecule has 1 aromatic heterocycles. The Kier molecular flexibility index (Phi) is 6.22. The topological polar surface area (TPSA) is 38.2 Å². The molecule has 1 heterocycles. The van der Waals surface area contributed by atoms with Gasteiger partial charge in [0.1, 0.15) is 5.56 Å². The standard InChI is InChI=1S/C18H22F3N3O/c1-4-11-25-16-15(18(19,20)21)12-22-17(23-16)24(6-3)14-9-7-13(5-2)8-10-14/h7-10,12H,4-6,11H2,1-3H3. The number of nitrogens with zero attached hydrogens (tertiary/aromatic N) is 3. The van der Waals surface area contributed by atoms with E-state index in [1.165, 1.54) is 5.56 Å². The predicted molar refractivity (Wildman–Crippen MR) is 91.3 cm³/mol. The van der Waals surface area contributed by atoms with E-state index >= 15 is 0 Å². The Labute approximate surface area is 145 Å². The van der Waals surface area contributed by atoms with Crippen molar-refractivity contribution < 1.29 is 17.9 Å². The summed E-state index contributed by atoms with van der Waals surface area (Å²) in [6.45, 7) is 6.45. The highest BCUT2D eigenvalue weighted by Gasteiger charge is 2.36. The van der Waals surface area contributed by atoms with Gasteiger partial charge >= 0.3 is 6.18 Å². The average Bonchev–Trinajstić information content (AvgIpc) is 2.60. The molecule has 0 radical (unpaired) electrons. The summed E-state index contributed by atoms with van der Waals surface area (Å²) in [5.41, 5.74) is 1.04. The number of aryl methyl sites for hydroxylation is 1. The van der Waals surface area contributed by atoms with Crippen molar-refractivity contribution in [1.82, 2.24) is 9.97 Å². The van der Waals surface area contributed by atoms with Crippen molar-refractivity contribution in [1.29, 1.82) is 0 Å². The molecule has 136 valence electrons. The molecule has 0 amide bonds. The Morgan fingerprint density at radius 2 is 1.76 bits per heavy atom. The van der Waals surface area contributed by atoms with E-state index in [1.54, 1.807) is 4.90 Å². The van der Waals surface area contributed by atoms with E-state index in [0.29, 0.717) is 13.0 Å². The van der Waals surface area contributed by atoms with Crippen molar-refractivity contribution in [3.63, 3.8) is 0 Å². The maximum absolute atomic E-state index is 13.1. The SMILES string of the molecule is CCCOc1nc(N(CC)c2ccc(CC)cc2)ncc1C(F)(F)F. The van der Waals surface area contributed by atoms with Gasteiger partial charge in [-0.1, -0.05) is 26.0 Å². The van der Waals surface area contributed by atoms with Gasteiger partial charge in [0.25, 0.3) is 0 Å². The lowest BCUT2D eigenvalue weighted by Crippen LogP contribution is -2.21. The zero-order chi connectivity index (χ0) is 18.4. The molecule has 2 rings (SSSR count). The lowest BCUT2D eigenvalue weighted by atomic mass is 10.1. The normalized spacial score (nSPS) is 11.4. The summed E-state index contributed by atoms with van der Waals surface area (Å²) in [4.78, 5) is 9.71. The molecule has 0 aliphatic rings. The third-order valence-corrected chi connectivity index (χ3v) is 3.70. The van der Waals surface area contributed by atoms with E-state index in [4.69, 9.17) is 4.74 Å². The Morgan fingerprint density at radius 3 is 2.28 bits per heavy atom. The lowest BCUT2D eigenvalue weighted by Gasteiger charge is -2.22. The van der Waals surface area contributed by atoms with E-state index in [0.717, 1.165) is 18.3 Å². The first kappa shape index (κ1) is 19.0. The van der Waals surface area contributed by atoms with Gasteiger partial charge in [0.05, 0.1) is 6.61 Å². The molecular formula is C18H22F3N3O. The molecule has 0 aliphatic carbocycles. The second kappa shape index (κ2) is 8.18. The van der Waals surface area contributed by atoms with Crippen molar-refractivity contribution >= 4 is 11.6 Å². The largest absolute Gasteiger partial charge is 0.477 e. The van der Waals surface area contributed by atoms with Gasteiger partial charge in [-0.2, -0.15) is 18.2 Å². The Hall–Kier alpha value is -2.31. The number of hydrogen-bond acceptors (Lipinski definition) is 4. The Bertz CT molecular complexity index is 687. The van der Waals surface area contributed by atoms with Crippen molar-refractivity contribution in [3.8, 4) is 5.88 Å². The number of alkyl halides is 3. The van der Waals surface area contributed by atoms with Gasteiger partial charge in [0.2, 0.25) is 11.8 Å². The average molecular weight is 353 g/mol. The zero-order valence-electron chi connectivity index (χ0n) is 14.6. The summed E-state index contributed by atoms with van der Waals surface area (Å²) in [6, 6.07) is 7.79. The van der Waals surface area contributed by atoms with E-state index in [-0.39, 0.29) is 12.6 Å². The highest BCUT2D eigenvalue weighted by Crippen LogP contribution is 2.36. The Balaban J connectivity index is 2.41. The lowest BCUT2D eigenvalue weighted by molar-refractivity contribution is -0.139. The molecule has 4 nitrogen and oxygen atoms in total. The van der Waals surface area contributed by atoms with Crippen LogP contribution in [0, 0.1) is 0 Å². The molecule has 2 aromatic rings. The van der Waals surface area contributed by atoms with Crippen molar-refractivity contribution in [2.45, 2.75) is 39.8 Å². The van der Waals surface area contributed by atoms with Gasteiger partial charge in [0, 0.05) is 18.4 Å². The van der Waals surface area contributed by atoms with Crippen LogP contribution in [0.4, 0.5) is 24.8 Å². The molecule has 0 saturated carbocycles. The highest BCUT2D eigenvalue weighted by atomic mass is 19.4. The molecule has 25 heavy (non-hydrogen) atoms. The smallest absolute Gasteiger partial charge is 0.423 e. The van der Waals surface area contributed by atoms with Crippen LogP contribution in [0.25, 0.3) is 0 Å². The highest BCUT2D eigenvalue weighted by molar-refractivity contribution is 5.58. The van der Waals surface area contributed by atoms with Crippen LogP contribution in [-0.2, 0) is 12.6 Å². The fourth-order valence-electron chi connectivity index (χ4n) is 2.34. The molecule has 0 bridgehead atoms. The molecule has 0 atom stereocenters. The van der Waals surface area contributed by atoms with Crippen LogP contribution >= 0.6 is 0 Å². The van der Waals surface area contributed by atoms with Gasteiger partial charge in [0.15, 0.2) is 0 Å². The summed E-state index contributed by atoms with van der Waals surface area (Å²) in [5, 5.41) is 0. The monoisotopic (exact) mass is 353 g/mol. The Morgan fingerprint density at radius 1 is 1.08 bits per heavy atom. The van der Waals surface area contributed by atoms with Crippen LogP contribution in [0.1, 0.15) is 38.3 Å². The van der Waals surface area contributed by atoms with E-state index < -0.39 is 17.6 Å². The van der Waals surface area contributed by atoms with Gasteiger partial charge in [-0.05, 0) is 37.5 Å². The zero-order valence-corrected chi connectivity index (χ0v) is 14.6. The van der Waals surface area contributed by atoms with Crippen LogP contribution in [0.2, 0.25) is 0 Å². The summed E-state index contributed by atoms with van der Waals surface area (Å²) in [6.07, 6.45) is -2.26. The van der Waals surface area contributed by atoms with Crippen molar-refractivity contribution in [2.75, 3.05) is 18.1 Å². The van der Waals surface area contributed by atoms with E-state index in [9.17, 15) is 13.2 Å². The first-order valence-electron chi connectivity index (χ1n) is 8.34. The molecule has 0 N–H and O–H groups in total.